The van der Waals surface area contributed by atoms with Crippen molar-refractivity contribution in [3.8, 4) is 22.5 Å². The standard InChI is InChI=1S/C23H16NO.C14H14N.Ir/c1-14-12-21(24-13-15(14)2)20-9-5-8-18-19-11-10-16-6-3-4-7-17(16)22(19)25-23(18)20;1-10-4-6-13(7-5-10)14-8-11(2)12(3)9-15-14;/h3-8,10-13H,1-2H3;4-6,8-9H,1-3H3;/q2*-1;/i1D3,2D3;1D3,2D3,3D3;. The van der Waals surface area contributed by atoms with Gasteiger partial charge in [0.25, 0.3) is 0 Å². The Bertz CT molecular complexity index is 2530. The summed E-state index contributed by atoms with van der Waals surface area (Å²) in [5.41, 5.74) is 1.57. The van der Waals surface area contributed by atoms with Crippen molar-refractivity contribution in [2.24, 2.45) is 0 Å². The molecule has 0 amide bonds. The van der Waals surface area contributed by atoms with Gasteiger partial charge in [-0.3, -0.25) is 0 Å². The Morgan fingerprint density at radius 3 is 2.12 bits per heavy atom. The number of furan rings is 1. The number of aromatic nitrogens is 2. The minimum Gasteiger partial charge on any atom is -0.500 e. The molecule has 4 heteroatoms. The summed E-state index contributed by atoms with van der Waals surface area (Å²) in [6.07, 6.45) is 2.14. The molecule has 0 bridgehead atoms. The summed E-state index contributed by atoms with van der Waals surface area (Å²) in [5.74, 6) is 0. The second kappa shape index (κ2) is 11.8. The molecule has 3 nitrogen and oxygen atoms in total. The van der Waals surface area contributed by atoms with E-state index in [2.05, 4.69) is 22.1 Å². The summed E-state index contributed by atoms with van der Waals surface area (Å²) >= 11 is 0. The molecule has 0 atom stereocenters. The van der Waals surface area contributed by atoms with Crippen molar-refractivity contribution in [1.29, 1.82) is 0 Å². The van der Waals surface area contributed by atoms with Gasteiger partial charge in [-0.25, -0.2) is 0 Å². The van der Waals surface area contributed by atoms with Crippen molar-refractivity contribution in [2.45, 2.75) is 34.3 Å². The van der Waals surface area contributed by atoms with Crippen LogP contribution in [-0.2, 0) is 20.1 Å². The summed E-state index contributed by atoms with van der Waals surface area (Å²) in [6, 6.07) is 28.0. The molecule has 0 aliphatic heterocycles. The fraction of sp³-hybridized carbons (Fsp3) is 0.135. The van der Waals surface area contributed by atoms with Gasteiger partial charge in [0, 0.05) is 63.8 Å². The molecule has 3 aromatic heterocycles. The van der Waals surface area contributed by atoms with Crippen LogP contribution >= 0.6 is 0 Å². The molecule has 7 aromatic rings. The maximum absolute atomic E-state index is 7.82. The largest absolute Gasteiger partial charge is 0.500 e. The molecule has 0 fully saturated rings. The minimum absolute atomic E-state index is 0. The summed E-state index contributed by atoms with van der Waals surface area (Å²) in [6.45, 7) is -12.6. The normalized spacial score (nSPS) is 17.8. The van der Waals surface area contributed by atoms with Crippen LogP contribution in [0.5, 0.6) is 0 Å². The van der Waals surface area contributed by atoms with Crippen LogP contribution in [0.15, 0.2) is 95.7 Å². The van der Waals surface area contributed by atoms with Gasteiger partial charge in [-0.05, 0) is 55.3 Å². The molecule has 4 aromatic carbocycles. The van der Waals surface area contributed by atoms with Crippen LogP contribution in [0.2, 0.25) is 0 Å². The predicted octanol–water partition coefficient (Wildman–Crippen LogP) is 9.69. The van der Waals surface area contributed by atoms with Gasteiger partial charge in [0.15, 0.2) is 0 Å². The number of rotatable bonds is 2. The molecule has 0 aliphatic carbocycles. The Kier molecular flexibility index (Phi) is 4.37. The van der Waals surface area contributed by atoms with Gasteiger partial charge in [0.05, 0.1) is 5.58 Å². The first-order chi connectivity index (χ1) is 25.4. The van der Waals surface area contributed by atoms with Crippen molar-refractivity contribution >= 4 is 32.7 Å². The number of nitrogens with zero attached hydrogens (tertiary/aromatic N) is 2. The number of benzene rings is 4. The van der Waals surface area contributed by atoms with Crippen molar-refractivity contribution in [1.82, 2.24) is 9.97 Å². The molecule has 1 radical (unpaired) electrons. The number of pyridine rings is 2. The number of hydrogen-bond donors (Lipinski definition) is 0. The molecule has 205 valence electrons. The van der Waals surface area contributed by atoms with Crippen LogP contribution in [0, 0.1) is 46.4 Å². The Balaban J connectivity index is 0.000000218. The third-order valence-corrected chi connectivity index (χ3v) is 6.48. The second-order valence-corrected chi connectivity index (χ2v) is 9.08. The molecule has 0 spiro atoms. The SMILES string of the molecule is [2H]C([2H])([2H])c1c[c-]c(-c2cc(C([2H])([2H])[2H])c(C([2H])([2H])[2H])cn2)cc1.[2H]C([2H])([2H])c1cnc(-c2[c-]ccc3c2oc2c4ccccc4ccc32)cc1C([2H])([2H])[2H].[Ir]. The first-order valence-corrected chi connectivity index (χ1v) is 12.2. The third-order valence-electron chi connectivity index (χ3n) is 6.48. The first kappa shape index (κ1) is 15.2. The van der Waals surface area contributed by atoms with Crippen molar-refractivity contribution in [3.05, 3.63) is 131 Å². The van der Waals surface area contributed by atoms with Gasteiger partial charge < -0.3 is 14.4 Å². The fourth-order valence-corrected chi connectivity index (χ4v) is 4.44. The zero-order valence-electron chi connectivity index (χ0n) is 36.3. The van der Waals surface area contributed by atoms with Gasteiger partial charge in [-0.15, -0.1) is 53.6 Å². The van der Waals surface area contributed by atoms with E-state index in [1.54, 1.807) is 6.07 Å². The fourth-order valence-electron chi connectivity index (χ4n) is 4.44. The van der Waals surface area contributed by atoms with E-state index >= 15 is 0 Å². The maximum atomic E-state index is 7.82. The smallest absolute Gasteiger partial charge is 0.128 e. The topological polar surface area (TPSA) is 38.9 Å². The van der Waals surface area contributed by atoms with Gasteiger partial charge in [-0.1, -0.05) is 77.5 Å². The minimum atomic E-state index is -2.61. The number of fused-ring (bicyclic) bond motifs is 5. The summed E-state index contributed by atoms with van der Waals surface area (Å²) < 4.78 is 120. The third kappa shape index (κ3) is 5.59. The monoisotopic (exact) mass is 726 g/mol. The van der Waals surface area contributed by atoms with Crippen molar-refractivity contribution in [2.75, 3.05) is 0 Å². The number of hydrogen-bond acceptors (Lipinski definition) is 3. The Morgan fingerprint density at radius 2 is 1.39 bits per heavy atom. The molecule has 0 unspecified atom stereocenters. The quantitative estimate of drug-likeness (QED) is 0.167. The molecular weight excluding hydrogens is 681 g/mol. The van der Waals surface area contributed by atoms with E-state index in [4.69, 9.17) is 25.0 Å². The van der Waals surface area contributed by atoms with Crippen LogP contribution < -0.4 is 0 Å². The van der Waals surface area contributed by atoms with Crippen LogP contribution in [-0.4, -0.2) is 9.97 Å². The molecule has 0 saturated carbocycles. The summed E-state index contributed by atoms with van der Waals surface area (Å²) in [5, 5.41) is 3.80. The van der Waals surface area contributed by atoms with E-state index in [0.717, 1.165) is 39.5 Å². The molecule has 0 aliphatic rings. The van der Waals surface area contributed by atoms with E-state index in [1.165, 1.54) is 30.3 Å². The Labute approximate surface area is 275 Å². The summed E-state index contributed by atoms with van der Waals surface area (Å²) in [4.78, 5) is 8.27. The summed E-state index contributed by atoms with van der Waals surface area (Å²) in [7, 11) is 0. The van der Waals surface area contributed by atoms with Gasteiger partial charge in [0.1, 0.15) is 5.58 Å². The molecule has 3 heterocycles. The second-order valence-electron chi connectivity index (χ2n) is 9.08. The van der Waals surface area contributed by atoms with Crippen LogP contribution in [0.25, 0.3) is 55.2 Å². The van der Waals surface area contributed by atoms with E-state index < -0.39 is 34.3 Å². The zero-order valence-corrected chi connectivity index (χ0v) is 23.7. The van der Waals surface area contributed by atoms with E-state index in [0.29, 0.717) is 22.4 Å². The Hall–Kier alpha value is -4.11. The molecule has 41 heavy (non-hydrogen) atoms. The van der Waals surface area contributed by atoms with E-state index in [9.17, 15) is 0 Å². The molecular formula is C37H30IrN2O-2. The molecule has 7 rings (SSSR count). The van der Waals surface area contributed by atoms with E-state index in [1.807, 2.05) is 42.5 Å². The van der Waals surface area contributed by atoms with Crippen LogP contribution in [0.1, 0.15) is 48.4 Å². The zero-order chi connectivity index (χ0) is 40.3. The van der Waals surface area contributed by atoms with Gasteiger partial charge >= 0.3 is 0 Å². The maximum Gasteiger partial charge on any atom is 0.128 e. The van der Waals surface area contributed by atoms with Gasteiger partial charge in [-0.2, -0.15) is 0 Å². The first-order valence-electron chi connectivity index (χ1n) is 19.7. The van der Waals surface area contributed by atoms with Crippen LogP contribution in [0.4, 0.5) is 0 Å². The van der Waals surface area contributed by atoms with Crippen molar-refractivity contribution in [3.63, 3.8) is 0 Å². The molecule has 0 N–H and O–H groups in total. The van der Waals surface area contributed by atoms with E-state index in [-0.39, 0.29) is 53.6 Å². The average molecular weight is 726 g/mol. The molecule has 0 saturated heterocycles. The van der Waals surface area contributed by atoms with Crippen molar-refractivity contribution < 1.29 is 45.1 Å². The average Bonchev–Trinajstić information content (AvgIpc) is 3.49. The predicted molar refractivity (Wildman–Crippen MR) is 165 cm³/mol. The Morgan fingerprint density at radius 1 is 0.659 bits per heavy atom. The number of aryl methyl sites for hydroxylation is 5. The van der Waals surface area contributed by atoms with Crippen LogP contribution in [0.3, 0.4) is 0 Å². The van der Waals surface area contributed by atoms with Gasteiger partial charge in [0.2, 0.25) is 0 Å².